The molecular weight excluding hydrogens is 370 g/mol. The van der Waals surface area contributed by atoms with E-state index in [1.54, 1.807) is 12.1 Å². The lowest BCUT2D eigenvalue weighted by Gasteiger charge is -2.32. The first kappa shape index (κ1) is 18.7. The summed E-state index contributed by atoms with van der Waals surface area (Å²) in [6, 6.07) is 18.2. The molecule has 1 aromatic heterocycles. The van der Waals surface area contributed by atoms with Crippen LogP contribution in [0, 0.1) is 0 Å². The first-order valence-electron chi connectivity index (χ1n) is 9.53. The summed E-state index contributed by atoms with van der Waals surface area (Å²) >= 11 is 1.32. The number of nitrogens with zero attached hydrogens (tertiary/aromatic N) is 1. The van der Waals surface area contributed by atoms with Crippen LogP contribution in [0.3, 0.4) is 0 Å². The maximum absolute atomic E-state index is 12.1. The summed E-state index contributed by atoms with van der Waals surface area (Å²) in [4.78, 5) is 27.0. The molecule has 0 atom stereocenters. The molecule has 3 aromatic rings. The number of thiophene rings is 1. The monoisotopic (exact) mass is 393 g/mol. The zero-order valence-electron chi connectivity index (χ0n) is 15.6. The van der Waals surface area contributed by atoms with Crippen LogP contribution in [0.15, 0.2) is 60.0 Å². The van der Waals surface area contributed by atoms with E-state index < -0.39 is 6.03 Å². The summed E-state index contributed by atoms with van der Waals surface area (Å²) in [7, 11) is 0. The van der Waals surface area contributed by atoms with E-state index in [0.717, 1.165) is 32.5 Å². The third-order valence-electron chi connectivity index (χ3n) is 5.11. The van der Waals surface area contributed by atoms with Gasteiger partial charge in [0.05, 0.1) is 4.88 Å². The lowest BCUT2D eigenvalue weighted by atomic mass is 10.0. The summed E-state index contributed by atoms with van der Waals surface area (Å²) in [6.07, 6.45) is 1.77. The third-order valence-corrected chi connectivity index (χ3v) is 5.98. The van der Waals surface area contributed by atoms with Gasteiger partial charge in [0.25, 0.3) is 5.91 Å². The summed E-state index contributed by atoms with van der Waals surface area (Å²) in [5.41, 5.74) is 1.31. The van der Waals surface area contributed by atoms with Gasteiger partial charge in [-0.3, -0.25) is 15.0 Å². The fourth-order valence-corrected chi connectivity index (χ4v) is 4.24. The Balaban J connectivity index is 1.25. The molecule has 0 saturated carbocycles. The molecule has 6 heteroatoms. The van der Waals surface area contributed by atoms with Crippen molar-refractivity contribution in [3.05, 3.63) is 70.4 Å². The van der Waals surface area contributed by atoms with E-state index in [-0.39, 0.29) is 11.9 Å². The summed E-state index contributed by atoms with van der Waals surface area (Å²) in [5.74, 6) is -0.346. The van der Waals surface area contributed by atoms with Gasteiger partial charge in [-0.15, -0.1) is 11.3 Å². The van der Waals surface area contributed by atoms with Crippen molar-refractivity contribution in [3.63, 3.8) is 0 Å². The van der Waals surface area contributed by atoms with Crippen LogP contribution in [0.1, 0.15) is 28.1 Å². The average Bonchev–Trinajstić information content (AvgIpc) is 3.24. The quantitative estimate of drug-likeness (QED) is 0.704. The molecule has 2 N–H and O–H groups in total. The average molecular weight is 394 g/mol. The second kappa shape index (κ2) is 8.54. The van der Waals surface area contributed by atoms with Gasteiger partial charge in [-0.2, -0.15) is 0 Å². The molecule has 2 aromatic carbocycles. The SMILES string of the molecule is O=C(NC(=O)c1cccs1)NC1CCN(Cc2ccc3ccccc3c2)CC1. The van der Waals surface area contributed by atoms with Crippen molar-refractivity contribution in [2.24, 2.45) is 0 Å². The molecule has 5 nitrogen and oxygen atoms in total. The number of imide groups is 1. The van der Waals surface area contributed by atoms with E-state index >= 15 is 0 Å². The molecule has 1 saturated heterocycles. The highest BCUT2D eigenvalue weighted by atomic mass is 32.1. The Kier molecular flexibility index (Phi) is 5.69. The van der Waals surface area contributed by atoms with Gasteiger partial charge in [0.2, 0.25) is 0 Å². The summed E-state index contributed by atoms with van der Waals surface area (Å²) in [5, 5.41) is 9.68. The number of rotatable bonds is 4. The number of benzene rings is 2. The fourth-order valence-electron chi connectivity index (χ4n) is 3.62. The number of urea groups is 1. The molecule has 0 bridgehead atoms. The van der Waals surface area contributed by atoms with Gasteiger partial charge in [0, 0.05) is 25.7 Å². The molecule has 1 aliphatic heterocycles. The van der Waals surface area contributed by atoms with Crippen LogP contribution in [0.25, 0.3) is 10.8 Å². The number of hydrogen-bond acceptors (Lipinski definition) is 4. The van der Waals surface area contributed by atoms with Crippen molar-refractivity contribution in [1.29, 1.82) is 0 Å². The molecular formula is C22H23N3O2S. The van der Waals surface area contributed by atoms with E-state index in [2.05, 4.69) is 58.0 Å². The van der Waals surface area contributed by atoms with Gasteiger partial charge in [-0.25, -0.2) is 4.79 Å². The smallest absolute Gasteiger partial charge is 0.321 e. The van der Waals surface area contributed by atoms with E-state index in [0.29, 0.717) is 4.88 Å². The van der Waals surface area contributed by atoms with E-state index in [4.69, 9.17) is 0 Å². The van der Waals surface area contributed by atoms with Crippen molar-refractivity contribution < 1.29 is 9.59 Å². The summed E-state index contributed by atoms with van der Waals surface area (Å²) in [6.45, 7) is 2.77. The zero-order valence-corrected chi connectivity index (χ0v) is 16.4. The molecule has 0 aliphatic carbocycles. The van der Waals surface area contributed by atoms with Crippen molar-refractivity contribution in [2.75, 3.05) is 13.1 Å². The van der Waals surface area contributed by atoms with E-state index in [1.807, 2.05) is 5.38 Å². The highest BCUT2D eigenvalue weighted by Gasteiger charge is 2.21. The highest BCUT2D eigenvalue weighted by molar-refractivity contribution is 7.12. The largest absolute Gasteiger partial charge is 0.335 e. The molecule has 2 heterocycles. The summed E-state index contributed by atoms with van der Waals surface area (Å²) < 4.78 is 0. The van der Waals surface area contributed by atoms with Crippen molar-refractivity contribution in [2.45, 2.75) is 25.4 Å². The van der Waals surface area contributed by atoms with Crippen molar-refractivity contribution in [1.82, 2.24) is 15.5 Å². The molecule has 0 spiro atoms. The predicted molar refractivity (Wildman–Crippen MR) is 113 cm³/mol. The van der Waals surface area contributed by atoms with Gasteiger partial charge in [0.15, 0.2) is 0 Å². The Morgan fingerprint density at radius 1 is 1.00 bits per heavy atom. The third kappa shape index (κ3) is 4.58. The minimum Gasteiger partial charge on any atom is -0.335 e. The van der Waals surface area contributed by atoms with E-state index in [9.17, 15) is 9.59 Å². The molecule has 144 valence electrons. The number of nitrogens with one attached hydrogen (secondary N) is 2. The number of piperidine rings is 1. The standard InChI is InChI=1S/C22H23N3O2S/c26-21(20-6-3-13-28-20)24-22(27)23-19-9-11-25(12-10-19)15-16-7-8-17-4-1-2-5-18(17)14-16/h1-8,13-14,19H,9-12,15H2,(H2,23,24,26,27). The Morgan fingerprint density at radius 3 is 2.54 bits per heavy atom. The number of amides is 3. The van der Waals surface area contributed by atoms with Crippen LogP contribution in [-0.4, -0.2) is 36.0 Å². The van der Waals surface area contributed by atoms with Crippen LogP contribution in [-0.2, 0) is 6.54 Å². The Labute approximate surface area is 168 Å². The van der Waals surface area contributed by atoms with E-state index in [1.165, 1.54) is 27.7 Å². The highest BCUT2D eigenvalue weighted by Crippen LogP contribution is 2.19. The zero-order chi connectivity index (χ0) is 19.3. The predicted octanol–water partition coefficient (Wildman–Crippen LogP) is 4.01. The molecule has 3 amide bonds. The Morgan fingerprint density at radius 2 is 1.79 bits per heavy atom. The Bertz CT molecular complexity index is 963. The minimum absolute atomic E-state index is 0.101. The number of carbonyl (C=O) groups is 2. The maximum Gasteiger partial charge on any atom is 0.321 e. The molecule has 28 heavy (non-hydrogen) atoms. The first-order chi connectivity index (χ1) is 13.7. The van der Waals surface area contributed by atoms with Crippen molar-refractivity contribution in [3.8, 4) is 0 Å². The van der Waals surface area contributed by atoms with Gasteiger partial charge < -0.3 is 5.32 Å². The topological polar surface area (TPSA) is 61.4 Å². The number of hydrogen-bond donors (Lipinski definition) is 2. The molecule has 0 radical (unpaired) electrons. The lowest BCUT2D eigenvalue weighted by Crippen LogP contribution is -2.48. The van der Waals surface area contributed by atoms with Gasteiger partial charge in [-0.1, -0.05) is 42.5 Å². The molecule has 1 aliphatic rings. The molecule has 1 fully saturated rings. The number of fused-ring (bicyclic) bond motifs is 1. The molecule has 4 rings (SSSR count). The van der Waals surface area contributed by atoms with Crippen LogP contribution < -0.4 is 10.6 Å². The van der Waals surface area contributed by atoms with Crippen LogP contribution in [0.5, 0.6) is 0 Å². The molecule has 0 unspecified atom stereocenters. The maximum atomic E-state index is 12.1. The number of likely N-dealkylation sites (tertiary alicyclic amines) is 1. The fraction of sp³-hybridized carbons (Fsp3) is 0.273. The van der Waals surface area contributed by atoms with Crippen LogP contribution in [0.4, 0.5) is 4.79 Å². The minimum atomic E-state index is -0.411. The Hall–Kier alpha value is -2.70. The van der Waals surface area contributed by atoms with Crippen LogP contribution in [0.2, 0.25) is 0 Å². The first-order valence-corrected chi connectivity index (χ1v) is 10.4. The second-order valence-electron chi connectivity index (χ2n) is 7.14. The van der Waals surface area contributed by atoms with Gasteiger partial charge in [0.1, 0.15) is 0 Å². The van der Waals surface area contributed by atoms with Crippen LogP contribution >= 0.6 is 11.3 Å². The van der Waals surface area contributed by atoms with Crippen molar-refractivity contribution >= 4 is 34.0 Å². The van der Waals surface area contributed by atoms with Gasteiger partial charge >= 0.3 is 6.03 Å². The number of carbonyl (C=O) groups excluding carboxylic acids is 2. The lowest BCUT2D eigenvalue weighted by molar-refractivity contribution is 0.0965. The second-order valence-corrected chi connectivity index (χ2v) is 8.08. The van der Waals surface area contributed by atoms with Gasteiger partial charge in [-0.05, 0) is 46.7 Å². The normalized spacial score (nSPS) is 15.4.